The minimum Gasteiger partial charge on any atom is -0.482 e. The Labute approximate surface area is 287 Å². The third-order valence-electron chi connectivity index (χ3n) is 8.60. The molecular formula is C36H48F3N3O6Si. The van der Waals surface area contributed by atoms with Crippen LogP contribution in [0.1, 0.15) is 59.6 Å². The van der Waals surface area contributed by atoms with Crippen LogP contribution in [-0.4, -0.2) is 68.0 Å². The van der Waals surface area contributed by atoms with Crippen LogP contribution in [0.5, 0.6) is 5.75 Å². The second-order valence-electron chi connectivity index (χ2n) is 13.6. The maximum atomic E-state index is 14.4. The summed E-state index contributed by atoms with van der Waals surface area (Å²) in [5.41, 5.74) is 1.06. The number of hydrogen-bond acceptors (Lipinski definition) is 7. The van der Waals surface area contributed by atoms with E-state index in [0.29, 0.717) is 17.9 Å². The van der Waals surface area contributed by atoms with Crippen molar-refractivity contribution in [2.24, 2.45) is 5.92 Å². The number of amides is 1. The third-order valence-corrected chi connectivity index (χ3v) is 10.3. The number of pyridine rings is 1. The average molecular weight is 704 g/mol. The number of methoxy groups -OCH3 is 1. The number of benzene rings is 2. The van der Waals surface area contributed by atoms with Gasteiger partial charge < -0.3 is 24.2 Å². The number of halogens is 3. The number of carbonyl (C=O) groups excluding carboxylic acids is 1. The van der Waals surface area contributed by atoms with Crippen molar-refractivity contribution >= 4 is 14.0 Å². The van der Waals surface area contributed by atoms with Gasteiger partial charge in [-0.1, -0.05) is 80.3 Å². The van der Waals surface area contributed by atoms with Gasteiger partial charge in [0.05, 0.1) is 18.4 Å². The lowest BCUT2D eigenvalue weighted by Gasteiger charge is -2.47. The van der Waals surface area contributed by atoms with Crippen molar-refractivity contribution in [3.63, 3.8) is 0 Å². The minimum atomic E-state index is -4.52. The van der Waals surface area contributed by atoms with Crippen LogP contribution in [0.15, 0.2) is 71.5 Å². The summed E-state index contributed by atoms with van der Waals surface area (Å²) >= 11 is 0. The first-order valence-corrected chi connectivity index (χ1v) is 20.3. The van der Waals surface area contributed by atoms with E-state index in [2.05, 4.69) is 19.6 Å². The van der Waals surface area contributed by atoms with Gasteiger partial charge in [0.15, 0.2) is 11.4 Å². The predicted octanol–water partition coefficient (Wildman–Crippen LogP) is 6.71. The Morgan fingerprint density at radius 1 is 0.980 bits per heavy atom. The van der Waals surface area contributed by atoms with Crippen molar-refractivity contribution in [1.82, 2.24) is 9.58 Å². The minimum absolute atomic E-state index is 0.00135. The maximum Gasteiger partial charge on any atom is 0.389 e. The van der Waals surface area contributed by atoms with Crippen LogP contribution in [0.4, 0.5) is 13.2 Å². The number of alkyl halides is 3. The molecule has 1 aliphatic rings. The summed E-state index contributed by atoms with van der Waals surface area (Å²) in [6.45, 7) is 9.08. The van der Waals surface area contributed by atoms with Gasteiger partial charge in [-0.25, -0.2) is 4.68 Å². The zero-order valence-corrected chi connectivity index (χ0v) is 29.9. The van der Waals surface area contributed by atoms with Gasteiger partial charge in [-0.3, -0.25) is 14.6 Å². The molecule has 268 valence electrons. The van der Waals surface area contributed by atoms with E-state index in [-0.39, 0.29) is 50.8 Å². The van der Waals surface area contributed by atoms with E-state index < -0.39 is 50.2 Å². The molecule has 0 fully saturated rings. The predicted molar refractivity (Wildman–Crippen MR) is 185 cm³/mol. The molecule has 4 rings (SSSR count). The first kappa shape index (κ1) is 38.2. The van der Waals surface area contributed by atoms with Crippen LogP contribution in [0.3, 0.4) is 0 Å². The summed E-state index contributed by atoms with van der Waals surface area (Å²) in [5, 5.41) is 12.9. The first-order valence-electron chi connectivity index (χ1n) is 16.6. The number of aromatic nitrogens is 1. The van der Waals surface area contributed by atoms with Crippen molar-refractivity contribution < 1.29 is 37.3 Å². The summed E-state index contributed by atoms with van der Waals surface area (Å²) in [6, 6.07) is 19.8. The number of fused-ring (bicyclic) bond motifs is 1. The number of hydrogen-bond donors (Lipinski definition) is 1. The van der Waals surface area contributed by atoms with Crippen molar-refractivity contribution in [2.45, 2.75) is 83.5 Å². The summed E-state index contributed by atoms with van der Waals surface area (Å²) in [7, 11) is -0.00388. The Kier molecular flexibility index (Phi) is 13.1. The van der Waals surface area contributed by atoms with Gasteiger partial charge >= 0.3 is 6.18 Å². The van der Waals surface area contributed by atoms with E-state index in [1.807, 2.05) is 30.3 Å². The molecule has 0 bridgehead atoms. The monoisotopic (exact) mass is 703 g/mol. The van der Waals surface area contributed by atoms with Crippen molar-refractivity contribution in [1.29, 1.82) is 0 Å². The Hall–Kier alpha value is -3.65. The number of ether oxygens (including phenoxy) is 3. The molecule has 49 heavy (non-hydrogen) atoms. The Bertz CT molecular complexity index is 1570. The van der Waals surface area contributed by atoms with E-state index in [9.17, 15) is 27.9 Å². The Morgan fingerprint density at radius 3 is 2.22 bits per heavy atom. The van der Waals surface area contributed by atoms with E-state index in [1.54, 1.807) is 46.9 Å². The highest BCUT2D eigenvalue weighted by Gasteiger charge is 2.42. The normalized spacial score (nSPS) is 16.4. The van der Waals surface area contributed by atoms with Gasteiger partial charge in [0, 0.05) is 40.8 Å². The topological polar surface area (TPSA) is 93.5 Å². The molecule has 2 aromatic carbocycles. The van der Waals surface area contributed by atoms with Crippen LogP contribution in [0.2, 0.25) is 25.7 Å². The molecule has 13 heteroatoms. The highest BCUT2D eigenvalue weighted by Crippen LogP contribution is 2.37. The quantitative estimate of drug-likeness (QED) is 0.124. The zero-order chi connectivity index (χ0) is 35.8. The SMILES string of the molecule is CCN1C(=O)c2c(OCc3ccccc3)c(=O)cc(COC)n2N(COCC[Si](C)(C)C)C1CCC(CC(F)(F)F)C(O)c1ccccc1. The average Bonchev–Trinajstić information content (AvgIpc) is 3.05. The van der Waals surface area contributed by atoms with Gasteiger partial charge in [0.2, 0.25) is 5.43 Å². The smallest absolute Gasteiger partial charge is 0.389 e. The van der Waals surface area contributed by atoms with Gasteiger partial charge in [-0.2, -0.15) is 13.2 Å². The maximum absolute atomic E-state index is 14.4. The summed E-state index contributed by atoms with van der Waals surface area (Å²) in [4.78, 5) is 29.4. The van der Waals surface area contributed by atoms with E-state index >= 15 is 0 Å². The van der Waals surface area contributed by atoms with Crippen LogP contribution < -0.4 is 15.2 Å². The van der Waals surface area contributed by atoms with Gasteiger partial charge in [0.25, 0.3) is 5.91 Å². The Balaban J connectivity index is 1.78. The molecule has 1 N–H and O–H groups in total. The van der Waals surface area contributed by atoms with Crippen LogP contribution in [0, 0.1) is 5.92 Å². The molecule has 1 amide bonds. The van der Waals surface area contributed by atoms with E-state index in [1.165, 1.54) is 18.1 Å². The molecule has 0 saturated heterocycles. The molecule has 3 aromatic rings. The standard InChI is InChI=1S/C36H48F3N3O6Si/c1-6-40-31(18-17-28(22-36(37,38)39)33(44)27-15-11-8-12-16-27)41(25-47-19-20-49(3,4)5)42-29(24-46-2)21-30(43)34(32(42)35(40)45)48-23-26-13-9-7-10-14-26/h7-16,21,28,31,33,44H,6,17-20,22-25H2,1-5H3. The molecule has 1 aliphatic heterocycles. The number of carbonyl (C=O) groups is 1. The highest BCUT2D eigenvalue weighted by molar-refractivity contribution is 6.76. The fourth-order valence-electron chi connectivity index (χ4n) is 6.09. The van der Waals surface area contributed by atoms with Gasteiger partial charge in [-0.05, 0) is 42.9 Å². The van der Waals surface area contributed by atoms with Crippen molar-refractivity contribution in [3.05, 3.63) is 99.5 Å². The Morgan fingerprint density at radius 2 is 1.63 bits per heavy atom. The molecule has 0 saturated carbocycles. The van der Waals surface area contributed by atoms with Crippen LogP contribution >= 0.6 is 0 Å². The van der Waals surface area contributed by atoms with E-state index in [0.717, 1.165) is 11.6 Å². The molecule has 3 atom stereocenters. The molecule has 1 aromatic heterocycles. The molecule has 9 nitrogen and oxygen atoms in total. The summed E-state index contributed by atoms with van der Waals surface area (Å²) in [6.07, 6.45) is -7.82. The lowest BCUT2D eigenvalue weighted by atomic mass is 9.88. The van der Waals surface area contributed by atoms with Crippen LogP contribution in [0.25, 0.3) is 0 Å². The summed E-state index contributed by atoms with van der Waals surface area (Å²) < 4.78 is 61.0. The fourth-order valence-corrected chi connectivity index (χ4v) is 6.85. The van der Waals surface area contributed by atoms with Crippen LogP contribution in [-0.2, 0) is 22.7 Å². The largest absolute Gasteiger partial charge is 0.482 e. The third kappa shape index (κ3) is 10.2. The number of aliphatic hydroxyl groups excluding tert-OH is 1. The second kappa shape index (κ2) is 16.8. The van der Waals surface area contributed by atoms with Crippen molar-refractivity contribution in [3.8, 4) is 5.75 Å². The summed E-state index contributed by atoms with van der Waals surface area (Å²) in [5.74, 6) is -1.81. The lowest BCUT2D eigenvalue weighted by molar-refractivity contribution is -0.154. The van der Waals surface area contributed by atoms with E-state index in [4.69, 9.17) is 14.2 Å². The fraction of sp³-hybridized carbons (Fsp3) is 0.500. The van der Waals surface area contributed by atoms with Gasteiger partial charge in [-0.15, -0.1) is 0 Å². The first-order chi connectivity index (χ1) is 23.2. The number of rotatable bonds is 17. The molecular weight excluding hydrogens is 655 g/mol. The molecule has 0 aliphatic carbocycles. The molecule has 2 heterocycles. The molecule has 0 radical (unpaired) electrons. The molecule has 3 unspecified atom stereocenters. The highest BCUT2D eigenvalue weighted by atomic mass is 28.3. The number of aliphatic hydroxyl groups is 1. The van der Waals surface area contributed by atoms with Crippen molar-refractivity contribution in [2.75, 3.05) is 32.0 Å². The van der Waals surface area contributed by atoms with Gasteiger partial charge in [0.1, 0.15) is 19.5 Å². The number of nitrogens with zero attached hydrogens (tertiary/aromatic N) is 3. The molecule has 0 spiro atoms. The lowest BCUT2D eigenvalue weighted by Crippen LogP contribution is -2.62. The zero-order valence-electron chi connectivity index (χ0n) is 28.9. The second-order valence-corrected chi connectivity index (χ2v) is 19.2.